The molecule has 0 radical (unpaired) electrons. The Labute approximate surface area is 201 Å². The molecule has 0 aliphatic heterocycles. The van der Waals surface area contributed by atoms with Gasteiger partial charge >= 0.3 is 5.97 Å². The van der Waals surface area contributed by atoms with E-state index < -0.39 is 5.97 Å². The number of hydrogen-bond donors (Lipinski definition) is 1. The molecule has 1 aliphatic carbocycles. The highest BCUT2D eigenvalue weighted by molar-refractivity contribution is 5.66. The zero-order valence-corrected chi connectivity index (χ0v) is 22.1. The van der Waals surface area contributed by atoms with Crippen molar-refractivity contribution in [2.75, 3.05) is 0 Å². The number of rotatable bonds is 25. The van der Waals surface area contributed by atoms with Gasteiger partial charge in [0.15, 0.2) is 0 Å². The summed E-state index contributed by atoms with van der Waals surface area (Å²) in [6, 6.07) is 0. The van der Waals surface area contributed by atoms with E-state index in [0.29, 0.717) is 12.3 Å². The van der Waals surface area contributed by atoms with Crippen molar-refractivity contribution < 1.29 is 9.90 Å². The molecule has 1 aliphatic rings. The molecule has 0 bridgehead atoms. The van der Waals surface area contributed by atoms with Crippen LogP contribution in [0.1, 0.15) is 168 Å². The molecule has 0 amide bonds. The van der Waals surface area contributed by atoms with E-state index in [4.69, 9.17) is 0 Å². The molecule has 0 saturated heterocycles. The van der Waals surface area contributed by atoms with E-state index in [0.717, 1.165) is 24.7 Å². The summed E-state index contributed by atoms with van der Waals surface area (Å²) in [6.07, 6.45) is 31.7. The standard InChI is InChI=1S/C30H58O2/c1-3-5-7-9-11-13-17-21-27(25-30(31)32)22-18-14-12-16-20-24-29-26-28(29)23-19-15-10-8-6-4-2/h27-29H,3-26H2,1-2H3,(H,31,32). The lowest BCUT2D eigenvalue weighted by atomic mass is 9.91. The second-order valence-corrected chi connectivity index (χ2v) is 11.0. The summed E-state index contributed by atoms with van der Waals surface area (Å²) in [6.45, 7) is 4.56. The molecule has 1 rings (SSSR count). The molecule has 3 atom stereocenters. The third-order valence-electron chi connectivity index (χ3n) is 7.86. The lowest BCUT2D eigenvalue weighted by Crippen LogP contribution is -2.08. The maximum Gasteiger partial charge on any atom is 0.303 e. The predicted molar refractivity (Wildman–Crippen MR) is 140 cm³/mol. The van der Waals surface area contributed by atoms with Gasteiger partial charge in [-0.05, 0) is 37.0 Å². The van der Waals surface area contributed by atoms with Crippen molar-refractivity contribution in [2.24, 2.45) is 17.8 Å². The quantitative estimate of drug-likeness (QED) is 0.140. The minimum absolute atomic E-state index is 0.386. The first-order valence-corrected chi connectivity index (χ1v) is 14.9. The second-order valence-electron chi connectivity index (χ2n) is 11.0. The van der Waals surface area contributed by atoms with Gasteiger partial charge in [-0.2, -0.15) is 0 Å². The van der Waals surface area contributed by atoms with Crippen LogP contribution in [0.3, 0.4) is 0 Å². The van der Waals surface area contributed by atoms with E-state index >= 15 is 0 Å². The van der Waals surface area contributed by atoms with Crippen LogP contribution >= 0.6 is 0 Å². The molecule has 3 unspecified atom stereocenters. The summed E-state index contributed by atoms with van der Waals surface area (Å²) in [5, 5.41) is 9.24. The van der Waals surface area contributed by atoms with Crippen molar-refractivity contribution in [2.45, 2.75) is 168 Å². The molecule has 2 heteroatoms. The Morgan fingerprint density at radius 2 is 1.00 bits per heavy atom. The van der Waals surface area contributed by atoms with Crippen LogP contribution in [-0.2, 0) is 4.79 Å². The highest BCUT2D eigenvalue weighted by Crippen LogP contribution is 2.45. The van der Waals surface area contributed by atoms with Gasteiger partial charge in [-0.15, -0.1) is 0 Å². The SMILES string of the molecule is CCCCCCCCCC(CCCCCCCC1CC1CCCCCCCC)CC(=O)O. The second kappa shape index (κ2) is 21.0. The maximum absolute atomic E-state index is 11.2. The van der Waals surface area contributed by atoms with Gasteiger partial charge in [0.1, 0.15) is 0 Å². The zero-order chi connectivity index (χ0) is 23.3. The highest BCUT2D eigenvalue weighted by Gasteiger charge is 2.34. The van der Waals surface area contributed by atoms with Crippen molar-refractivity contribution in [3.63, 3.8) is 0 Å². The number of carbonyl (C=O) groups is 1. The maximum atomic E-state index is 11.2. The summed E-state index contributed by atoms with van der Waals surface area (Å²) >= 11 is 0. The lowest BCUT2D eigenvalue weighted by Gasteiger charge is -2.14. The van der Waals surface area contributed by atoms with Gasteiger partial charge in [-0.1, -0.05) is 142 Å². The van der Waals surface area contributed by atoms with Crippen LogP contribution in [0.4, 0.5) is 0 Å². The Morgan fingerprint density at radius 3 is 1.41 bits per heavy atom. The molecule has 0 aromatic heterocycles. The van der Waals surface area contributed by atoms with Gasteiger partial charge in [0, 0.05) is 6.42 Å². The van der Waals surface area contributed by atoms with Crippen LogP contribution in [0.2, 0.25) is 0 Å². The van der Waals surface area contributed by atoms with Crippen molar-refractivity contribution in [3.05, 3.63) is 0 Å². The summed E-state index contributed by atoms with van der Waals surface area (Å²) in [7, 11) is 0. The van der Waals surface area contributed by atoms with E-state index in [1.54, 1.807) is 0 Å². The number of hydrogen-bond acceptors (Lipinski definition) is 1. The first-order valence-electron chi connectivity index (χ1n) is 14.9. The van der Waals surface area contributed by atoms with Crippen LogP contribution in [0.15, 0.2) is 0 Å². The van der Waals surface area contributed by atoms with Crippen LogP contribution in [0, 0.1) is 17.8 Å². The molecule has 0 spiro atoms. The number of carboxylic acids is 1. The Hall–Kier alpha value is -0.530. The Kier molecular flexibility index (Phi) is 19.4. The fourth-order valence-electron chi connectivity index (χ4n) is 5.56. The minimum Gasteiger partial charge on any atom is -0.481 e. The van der Waals surface area contributed by atoms with Crippen LogP contribution in [0.5, 0.6) is 0 Å². The fraction of sp³-hybridized carbons (Fsp3) is 0.967. The topological polar surface area (TPSA) is 37.3 Å². The molecular weight excluding hydrogens is 392 g/mol. The Morgan fingerprint density at radius 1 is 0.625 bits per heavy atom. The monoisotopic (exact) mass is 450 g/mol. The molecule has 32 heavy (non-hydrogen) atoms. The van der Waals surface area contributed by atoms with E-state index in [2.05, 4.69) is 13.8 Å². The zero-order valence-electron chi connectivity index (χ0n) is 22.1. The normalized spacial score (nSPS) is 18.7. The third kappa shape index (κ3) is 18.0. The third-order valence-corrected chi connectivity index (χ3v) is 7.86. The van der Waals surface area contributed by atoms with Gasteiger partial charge in [0.2, 0.25) is 0 Å². The molecule has 0 heterocycles. The van der Waals surface area contributed by atoms with Crippen molar-refractivity contribution in [3.8, 4) is 0 Å². The number of aliphatic carboxylic acids is 1. The van der Waals surface area contributed by atoms with Crippen LogP contribution in [-0.4, -0.2) is 11.1 Å². The first kappa shape index (κ1) is 29.5. The summed E-state index contributed by atoms with van der Waals surface area (Å²) in [5.41, 5.74) is 0. The highest BCUT2D eigenvalue weighted by atomic mass is 16.4. The summed E-state index contributed by atoms with van der Waals surface area (Å²) in [4.78, 5) is 11.2. The molecule has 1 fully saturated rings. The van der Waals surface area contributed by atoms with Crippen molar-refractivity contribution >= 4 is 5.97 Å². The van der Waals surface area contributed by atoms with E-state index in [1.807, 2.05) is 0 Å². The smallest absolute Gasteiger partial charge is 0.303 e. The minimum atomic E-state index is -0.599. The Bertz CT molecular complexity index is 419. The van der Waals surface area contributed by atoms with Gasteiger partial charge in [0.25, 0.3) is 0 Å². The van der Waals surface area contributed by atoms with Crippen molar-refractivity contribution in [1.29, 1.82) is 0 Å². The number of carboxylic acid groups (broad SMARTS) is 1. The molecule has 0 aromatic carbocycles. The molecule has 0 aromatic rings. The Balaban J connectivity index is 1.92. The first-order chi connectivity index (χ1) is 15.7. The van der Waals surface area contributed by atoms with Crippen molar-refractivity contribution in [1.82, 2.24) is 0 Å². The van der Waals surface area contributed by atoms with E-state index in [1.165, 1.54) is 135 Å². The molecule has 2 nitrogen and oxygen atoms in total. The van der Waals surface area contributed by atoms with Gasteiger partial charge in [-0.3, -0.25) is 4.79 Å². The molecule has 190 valence electrons. The van der Waals surface area contributed by atoms with Crippen LogP contribution in [0.25, 0.3) is 0 Å². The number of unbranched alkanes of at least 4 members (excludes halogenated alkanes) is 15. The van der Waals surface area contributed by atoms with E-state index in [-0.39, 0.29) is 0 Å². The van der Waals surface area contributed by atoms with Crippen LogP contribution < -0.4 is 0 Å². The molecule has 1 N–H and O–H groups in total. The van der Waals surface area contributed by atoms with E-state index in [9.17, 15) is 9.90 Å². The predicted octanol–water partition coefficient (Wildman–Crippen LogP) is 10.3. The summed E-state index contributed by atoms with van der Waals surface area (Å²) < 4.78 is 0. The van der Waals surface area contributed by atoms with Gasteiger partial charge in [0.05, 0.1) is 0 Å². The largest absolute Gasteiger partial charge is 0.481 e. The van der Waals surface area contributed by atoms with Gasteiger partial charge < -0.3 is 5.11 Å². The molecule has 1 saturated carbocycles. The van der Waals surface area contributed by atoms with Gasteiger partial charge in [-0.25, -0.2) is 0 Å². The average Bonchev–Trinajstić information content (AvgIpc) is 3.52. The lowest BCUT2D eigenvalue weighted by molar-refractivity contribution is -0.138. The molecular formula is C30H58O2. The summed E-state index contributed by atoms with van der Waals surface area (Å²) in [5.74, 6) is 1.95. The fourth-order valence-corrected chi connectivity index (χ4v) is 5.56. The average molecular weight is 451 g/mol.